The van der Waals surface area contributed by atoms with Gasteiger partial charge in [0.1, 0.15) is 0 Å². The van der Waals surface area contributed by atoms with E-state index in [0.29, 0.717) is 0 Å². The molecule has 0 bridgehead atoms. The molecule has 0 heterocycles. The van der Waals surface area contributed by atoms with Gasteiger partial charge in [-0.25, -0.2) is 0 Å². The van der Waals surface area contributed by atoms with Gasteiger partial charge in [-0.1, -0.05) is 122 Å². The maximum atomic E-state index is 3.82. The molecule has 0 aliphatic rings. The van der Waals surface area contributed by atoms with Crippen LogP contribution in [0.1, 0.15) is 16.7 Å². The second kappa shape index (κ2) is 8.83. The van der Waals surface area contributed by atoms with Crippen molar-refractivity contribution in [2.75, 3.05) is 0 Å². The summed E-state index contributed by atoms with van der Waals surface area (Å²) in [4.78, 5) is 0. The van der Waals surface area contributed by atoms with Crippen LogP contribution in [0.25, 0.3) is 6.08 Å². The molecule has 4 aromatic carbocycles. The van der Waals surface area contributed by atoms with Crippen molar-refractivity contribution >= 4 is 29.9 Å². The Kier molecular flexibility index (Phi) is 5.80. The molecule has 1 heteroatoms. The summed E-state index contributed by atoms with van der Waals surface area (Å²) in [5.74, 6) is 0. The van der Waals surface area contributed by atoms with E-state index in [9.17, 15) is 0 Å². The van der Waals surface area contributed by atoms with E-state index >= 15 is 0 Å². The predicted molar refractivity (Wildman–Crippen MR) is 124 cm³/mol. The third-order valence-corrected chi connectivity index (χ3v) is 7.29. The molecule has 0 atom stereocenters. The van der Waals surface area contributed by atoms with Crippen molar-refractivity contribution in [1.82, 2.24) is 0 Å². The monoisotopic (exact) mass is 378 g/mol. The minimum absolute atomic E-state index is 0.535. The number of benzene rings is 4. The summed E-state index contributed by atoms with van der Waals surface area (Å²) in [6, 6.07) is 39.5. The number of hydrogen-bond acceptors (Lipinski definition) is 0. The maximum Gasteiger partial charge on any atom is -0.00258 e. The van der Waals surface area contributed by atoms with Crippen LogP contribution in [-0.2, 0) is 6.42 Å². The van der Waals surface area contributed by atoms with E-state index < -0.39 is 7.92 Å². The predicted octanol–water partition coefficient (Wildman–Crippen LogP) is 5.68. The summed E-state index contributed by atoms with van der Waals surface area (Å²) >= 11 is 0. The zero-order valence-electron chi connectivity index (χ0n) is 15.8. The van der Waals surface area contributed by atoms with Crippen LogP contribution < -0.4 is 15.9 Å². The van der Waals surface area contributed by atoms with Gasteiger partial charge in [0.15, 0.2) is 0 Å². The van der Waals surface area contributed by atoms with E-state index in [1.165, 1.54) is 27.0 Å². The molecule has 0 unspecified atom stereocenters. The Labute approximate surface area is 169 Å². The molecule has 28 heavy (non-hydrogen) atoms. The van der Waals surface area contributed by atoms with E-state index in [0.717, 1.165) is 12.0 Å². The summed E-state index contributed by atoms with van der Waals surface area (Å²) in [5.41, 5.74) is 3.83. The summed E-state index contributed by atoms with van der Waals surface area (Å²) in [5, 5.41) is 4.16. The Morgan fingerprint density at radius 2 is 0.964 bits per heavy atom. The van der Waals surface area contributed by atoms with Gasteiger partial charge in [-0.3, -0.25) is 0 Å². The fourth-order valence-electron chi connectivity index (χ4n) is 3.37. The van der Waals surface area contributed by atoms with Crippen LogP contribution in [0.4, 0.5) is 0 Å². The zero-order chi connectivity index (χ0) is 19.2. The molecule has 0 aromatic heterocycles. The third kappa shape index (κ3) is 4.30. The van der Waals surface area contributed by atoms with Crippen molar-refractivity contribution in [3.05, 3.63) is 132 Å². The van der Waals surface area contributed by atoms with Gasteiger partial charge in [0, 0.05) is 0 Å². The van der Waals surface area contributed by atoms with Gasteiger partial charge >= 0.3 is 0 Å². The van der Waals surface area contributed by atoms with Crippen molar-refractivity contribution < 1.29 is 0 Å². The van der Waals surface area contributed by atoms with E-state index in [1.54, 1.807) is 0 Å². The molecule has 0 amide bonds. The first-order valence-electron chi connectivity index (χ1n) is 9.54. The number of hydrogen-bond donors (Lipinski definition) is 0. The summed E-state index contributed by atoms with van der Waals surface area (Å²) < 4.78 is 0. The van der Waals surface area contributed by atoms with Crippen LogP contribution in [0.15, 0.2) is 116 Å². The fraction of sp³-hybridized carbons (Fsp3) is 0.0370. The first kappa shape index (κ1) is 18.4. The Morgan fingerprint density at radius 3 is 1.43 bits per heavy atom. The third-order valence-electron chi connectivity index (χ3n) is 4.85. The summed E-state index contributed by atoms with van der Waals surface area (Å²) in [6.07, 6.45) is 2.83. The van der Waals surface area contributed by atoms with E-state index in [2.05, 4.69) is 116 Å². The molecular formula is C27H23P. The highest BCUT2D eigenvalue weighted by atomic mass is 31.1. The van der Waals surface area contributed by atoms with Gasteiger partial charge in [0.2, 0.25) is 0 Å². The smallest absolute Gasteiger partial charge is 0.00258 e. The van der Waals surface area contributed by atoms with Crippen LogP contribution in [0.2, 0.25) is 0 Å². The summed E-state index contributed by atoms with van der Waals surface area (Å²) in [6.45, 7) is 3.82. The van der Waals surface area contributed by atoms with Gasteiger partial charge in [-0.05, 0) is 46.9 Å². The average molecular weight is 378 g/mol. The van der Waals surface area contributed by atoms with Crippen molar-refractivity contribution in [3.8, 4) is 0 Å². The van der Waals surface area contributed by atoms with Gasteiger partial charge in [-0.2, -0.15) is 0 Å². The normalized spacial score (nSPS) is 10.8. The van der Waals surface area contributed by atoms with E-state index in [4.69, 9.17) is 0 Å². The van der Waals surface area contributed by atoms with Crippen LogP contribution in [0.5, 0.6) is 0 Å². The van der Waals surface area contributed by atoms with Crippen molar-refractivity contribution in [1.29, 1.82) is 0 Å². The first-order chi connectivity index (χ1) is 13.8. The lowest BCUT2D eigenvalue weighted by Gasteiger charge is -2.19. The quantitative estimate of drug-likeness (QED) is 0.379. The SMILES string of the molecule is C=Cc1ccc(Cc2ccc(P(c3ccccc3)c3ccccc3)cc2)cc1. The lowest BCUT2D eigenvalue weighted by molar-refractivity contribution is 1.19. The van der Waals surface area contributed by atoms with Crippen LogP contribution >= 0.6 is 7.92 Å². The standard InChI is InChI=1S/C27H23P/c1-2-22-13-15-23(16-14-22)21-24-17-19-27(20-18-24)28(25-9-5-3-6-10-25)26-11-7-4-8-12-26/h2-20H,1,21H2. The Balaban J connectivity index is 1.62. The molecule has 4 aromatic rings. The molecule has 0 saturated carbocycles. The second-order valence-electron chi connectivity index (χ2n) is 6.80. The highest BCUT2D eigenvalue weighted by Crippen LogP contribution is 2.32. The molecule has 0 aliphatic heterocycles. The molecule has 4 rings (SSSR count). The average Bonchev–Trinajstić information content (AvgIpc) is 2.77. The molecule has 0 saturated heterocycles. The molecular weight excluding hydrogens is 355 g/mol. The van der Waals surface area contributed by atoms with Gasteiger partial charge in [0.05, 0.1) is 0 Å². The highest BCUT2D eigenvalue weighted by molar-refractivity contribution is 7.79. The maximum absolute atomic E-state index is 3.82. The Hall–Kier alpha value is -2.95. The van der Waals surface area contributed by atoms with E-state index in [-0.39, 0.29) is 0 Å². The van der Waals surface area contributed by atoms with Crippen molar-refractivity contribution in [2.45, 2.75) is 6.42 Å². The van der Waals surface area contributed by atoms with Gasteiger partial charge < -0.3 is 0 Å². The highest BCUT2D eigenvalue weighted by Gasteiger charge is 2.15. The second-order valence-corrected chi connectivity index (χ2v) is 9.02. The lowest BCUT2D eigenvalue weighted by atomic mass is 10.0. The zero-order valence-corrected chi connectivity index (χ0v) is 16.7. The largest absolute Gasteiger partial charge is 0.0985 e. The number of rotatable bonds is 6. The molecule has 0 nitrogen and oxygen atoms in total. The minimum Gasteiger partial charge on any atom is -0.0985 e. The molecule has 136 valence electrons. The first-order valence-corrected chi connectivity index (χ1v) is 10.9. The Bertz CT molecular complexity index is 978. The van der Waals surface area contributed by atoms with Gasteiger partial charge in [0.25, 0.3) is 0 Å². The molecule has 0 spiro atoms. The molecule has 0 aliphatic carbocycles. The van der Waals surface area contributed by atoms with Crippen molar-refractivity contribution in [3.63, 3.8) is 0 Å². The molecule has 0 N–H and O–H groups in total. The topological polar surface area (TPSA) is 0 Å². The molecule has 0 fully saturated rings. The minimum atomic E-state index is -0.535. The van der Waals surface area contributed by atoms with Crippen molar-refractivity contribution in [2.24, 2.45) is 0 Å². The van der Waals surface area contributed by atoms with Crippen LogP contribution in [0.3, 0.4) is 0 Å². The summed E-state index contributed by atoms with van der Waals surface area (Å²) in [7, 11) is -0.535. The Morgan fingerprint density at radius 1 is 0.536 bits per heavy atom. The lowest BCUT2D eigenvalue weighted by Crippen LogP contribution is -2.20. The van der Waals surface area contributed by atoms with E-state index in [1.807, 2.05) is 6.08 Å². The van der Waals surface area contributed by atoms with Crippen LogP contribution in [-0.4, -0.2) is 0 Å². The molecule has 0 radical (unpaired) electrons. The van der Waals surface area contributed by atoms with Gasteiger partial charge in [-0.15, -0.1) is 0 Å². The van der Waals surface area contributed by atoms with Crippen LogP contribution in [0, 0.1) is 0 Å². The fourth-order valence-corrected chi connectivity index (χ4v) is 5.65.